The summed E-state index contributed by atoms with van der Waals surface area (Å²) in [5, 5.41) is 3.30. The van der Waals surface area contributed by atoms with Crippen molar-refractivity contribution in [3.05, 3.63) is 28.8 Å². The van der Waals surface area contributed by atoms with Gasteiger partial charge in [0.1, 0.15) is 0 Å². The molecule has 1 aromatic rings. The molecule has 5 nitrogen and oxygen atoms in total. The molecule has 0 saturated heterocycles. The van der Waals surface area contributed by atoms with Crippen LogP contribution in [0.1, 0.15) is 75.0 Å². The van der Waals surface area contributed by atoms with Crippen LogP contribution >= 0.6 is 0 Å². The number of benzene rings is 1. The maximum Gasteiger partial charge on any atom is 0.241 e. The van der Waals surface area contributed by atoms with E-state index in [0.717, 1.165) is 48.8 Å². The van der Waals surface area contributed by atoms with E-state index in [0.29, 0.717) is 29.3 Å². The van der Waals surface area contributed by atoms with Crippen molar-refractivity contribution in [2.45, 2.75) is 90.0 Å². The summed E-state index contributed by atoms with van der Waals surface area (Å²) in [5.74, 6) is 1.15. The van der Waals surface area contributed by atoms with Crippen molar-refractivity contribution in [3.8, 4) is 0 Å². The molecule has 0 aromatic heterocycles. The molecule has 0 spiro atoms. The van der Waals surface area contributed by atoms with Gasteiger partial charge in [0.05, 0.1) is 4.90 Å². The van der Waals surface area contributed by atoms with Crippen molar-refractivity contribution >= 4 is 15.9 Å². The Bertz CT molecular complexity index is 834. The Kier molecular flexibility index (Phi) is 7.61. The summed E-state index contributed by atoms with van der Waals surface area (Å²) < 4.78 is 28.6. The van der Waals surface area contributed by atoms with Gasteiger partial charge in [0.2, 0.25) is 15.9 Å². The van der Waals surface area contributed by atoms with Gasteiger partial charge in [-0.2, -0.15) is 0 Å². The Balaban J connectivity index is 1.49. The largest absolute Gasteiger partial charge is 0.353 e. The summed E-state index contributed by atoms with van der Waals surface area (Å²) in [6.07, 6.45) is 8.28. The monoisotopic (exact) mass is 434 g/mol. The predicted octanol–water partition coefficient (Wildman–Crippen LogP) is 4.39. The van der Waals surface area contributed by atoms with Crippen LogP contribution in [0.15, 0.2) is 17.0 Å². The molecular formula is C24H38N2O3S. The lowest BCUT2D eigenvalue weighted by molar-refractivity contribution is -0.127. The standard InChI is InChI=1S/C24H38N2O3S/c1-16-13-18(3)23(19(4)14-16)30(28,29)25-15-20-9-11-21(12-10-20)24(27)26-22-8-6-5-7-17(22)2/h13-14,17,20-22,25H,5-12,15H2,1-4H3,(H,26,27)/t17-,20?,21?,22+/m1/s1. The van der Waals surface area contributed by atoms with Gasteiger partial charge in [-0.1, -0.05) is 37.5 Å². The minimum Gasteiger partial charge on any atom is -0.353 e. The number of nitrogens with one attached hydrogen (secondary N) is 2. The van der Waals surface area contributed by atoms with Crippen LogP contribution < -0.4 is 10.0 Å². The second-order valence-electron chi connectivity index (χ2n) is 9.67. The lowest BCUT2D eigenvalue weighted by Crippen LogP contribution is -2.44. The number of hydrogen-bond acceptors (Lipinski definition) is 3. The number of carbonyl (C=O) groups is 1. The molecule has 1 amide bonds. The Morgan fingerprint density at radius 3 is 2.17 bits per heavy atom. The normalized spacial score (nSPS) is 27.6. The molecule has 3 rings (SSSR count). The van der Waals surface area contributed by atoms with Crippen molar-refractivity contribution < 1.29 is 13.2 Å². The lowest BCUT2D eigenvalue weighted by atomic mass is 9.80. The van der Waals surface area contributed by atoms with Gasteiger partial charge < -0.3 is 5.32 Å². The van der Waals surface area contributed by atoms with E-state index in [1.807, 2.05) is 32.9 Å². The Morgan fingerprint density at radius 2 is 1.57 bits per heavy atom. The molecule has 2 N–H and O–H groups in total. The van der Waals surface area contributed by atoms with E-state index in [1.54, 1.807) is 0 Å². The molecule has 168 valence electrons. The van der Waals surface area contributed by atoms with E-state index >= 15 is 0 Å². The van der Waals surface area contributed by atoms with Crippen molar-refractivity contribution in [2.75, 3.05) is 6.54 Å². The molecule has 0 radical (unpaired) electrons. The van der Waals surface area contributed by atoms with Gasteiger partial charge in [0, 0.05) is 18.5 Å². The van der Waals surface area contributed by atoms with Gasteiger partial charge in [-0.15, -0.1) is 0 Å². The molecule has 0 heterocycles. The molecule has 2 saturated carbocycles. The minimum atomic E-state index is -3.52. The molecular weight excluding hydrogens is 396 g/mol. The molecule has 0 unspecified atom stereocenters. The molecule has 30 heavy (non-hydrogen) atoms. The Morgan fingerprint density at radius 1 is 0.967 bits per heavy atom. The van der Waals surface area contributed by atoms with Gasteiger partial charge in [-0.3, -0.25) is 4.79 Å². The number of carbonyl (C=O) groups excluding carboxylic acids is 1. The molecule has 6 heteroatoms. The van der Waals surface area contributed by atoms with Gasteiger partial charge in [0.15, 0.2) is 0 Å². The van der Waals surface area contributed by atoms with E-state index in [2.05, 4.69) is 17.0 Å². The fourth-order valence-electron chi connectivity index (χ4n) is 5.35. The summed E-state index contributed by atoms with van der Waals surface area (Å²) >= 11 is 0. The van der Waals surface area contributed by atoms with Crippen molar-refractivity contribution in [2.24, 2.45) is 17.8 Å². The van der Waals surface area contributed by atoms with Crippen LogP contribution in [-0.4, -0.2) is 26.9 Å². The fourth-order valence-corrected chi connectivity index (χ4v) is 6.92. The zero-order valence-electron chi connectivity index (χ0n) is 19.0. The van der Waals surface area contributed by atoms with Crippen LogP contribution in [0.4, 0.5) is 0 Å². The summed E-state index contributed by atoms with van der Waals surface area (Å²) in [6, 6.07) is 4.16. The van der Waals surface area contributed by atoms with Crippen LogP contribution in [0.25, 0.3) is 0 Å². The zero-order valence-corrected chi connectivity index (χ0v) is 19.8. The summed E-state index contributed by atoms with van der Waals surface area (Å²) in [5.41, 5.74) is 2.65. The van der Waals surface area contributed by atoms with Gasteiger partial charge >= 0.3 is 0 Å². The number of sulfonamides is 1. The topological polar surface area (TPSA) is 75.3 Å². The molecule has 2 atom stereocenters. The first kappa shape index (κ1) is 23.3. The van der Waals surface area contributed by atoms with Crippen LogP contribution in [-0.2, 0) is 14.8 Å². The van der Waals surface area contributed by atoms with E-state index < -0.39 is 10.0 Å². The van der Waals surface area contributed by atoms with Gasteiger partial charge in [-0.25, -0.2) is 13.1 Å². The highest BCUT2D eigenvalue weighted by Crippen LogP contribution is 2.31. The van der Waals surface area contributed by atoms with Crippen molar-refractivity contribution in [1.82, 2.24) is 10.0 Å². The summed E-state index contributed by atoms with van der Waals surface area (Å²) in [6.45, 7) is 8.37. The number of amides is 1. The first-order chi connectivity index (χ1) is 14.2. The third kappa shape index (κ3) is 5.64. The number of hydrogen-bond donors (Lipinski definition) is 2. The summed E-state index contributed by atoms with van der Waals surface area (Å²) in [4.78, 5) is 13.1. The third-order valence-corrected chi connectivity index (χ3v) is 8.82. The van der Waals surface area contributed by atoms with Crippen LogP contribution in [0, 0.1) is 38.5 Å². The molecule has 0 aliphatic heterocycles. The summed E-state index contributed by atoms with van der Waals surface area (Å²) in [7, 11) is -3.52. The first-order valence-electron chi connectivity index (χ1n) is 11.5. The molecule has 2 aliphatic carbocycles. The highest BCUT2D eigenvalue weighted by molar-refractivity contribution is 7.89. The van der Waals surface area contributed by atoms with E-state index in [1.165, 1.54) is 19.3 Å². The van der Waals surface area contributed by atoms with E-state index in [4.69, 9.17) is 0 Å². The fraction of sp³-hybridized carbons (Fsp3) is 0.708. The van der Waals surface area contributed by atoms with Crippen molar-refractivity contribution in [1.29, 1.82) is 0 Å². The highest BCUT2D eigenvalue weighted by Gasteiger charge is 2.30. The highest BCUT2D eigenvalue weighted by atomic mass is 32.2. The average molecular weight is 435 g/mol. The molecule has 2 fully saturated rings. The van der Waals surface area contributed by atoms with Gasteiger partial charge in [0.25, 0.3) is 0 Å². The van der Waals surface area contributed by atoms with Crippen molar-refractivity contribution in [3.63, 3.8) is 0 Å². The van der Waals surface area contributed by atoms with Crippen LogP contribution in [0.5, 0.6) is 0 Å². The lowest BCUT2D eigenvalue weighted by Gasteiger charge is -2.33. The third-order valence-electron chi connectivity index (χ3n) is 7.09. The van der Waals surface area contributed by atoms with E-state index in [9.17, 15) is 13.2 Å². The Hall–Kier alpha value is -1.40. The molecule has 1 aromatic carbocycles. The second-order valence-corrected chi connectivity index (χ2v) is 11.4. The smallest absolute Gasteiger partial charge is 0.241 e. The minimum absolute atomic E-state index is 0.0774. The SMILES string of the molecule is Cc1cc(C)c(S(=O)(=O)NCC2CCC(C(=O)N[C@H]3CCCC[C@H]3C)CC2)c(C)c1. The Labute approximate surface area is 182 Å². The van der Waals surface area contributed by atoms with Gasteiger partial charge in [-0.05, 0) is 82.3 Å². The maximum atomic E-state index is 12.9. The predicted molar refractivity (Wildman–Crippen MR) is 121 cm³/mol. The first-order valence-corrected chi connectivity index (χ1v) is 13.0. The maximum absolute atomic E-state index is 12.9. The van der Waals surface area contributed by atoms with Crippen LogP contribution in [0.2, 0.25) is 0 Å². The molecule has 2 aliphatic rings. The van der Waals surface area contributed by atoms with E-state index in [-0.39, 0.29) is 11.8 Å². The average Bonchev–Trinajstić information content (AvgIpc) is 2.67. The number of rotatable bonds is 6. The second kappa shape index (κ2) is 9.82. The number of aryl methyl sites for hydroxylation is 3. The quantitative estimate of drug-likeness (QED) is 0.697. The van der Waals surface area contributed by atoms with Crippen LogP contribution in [0.3, 0.4) is 0 Å². The molecule has 0 bridgehead atoms. The zero-order chi connectivity index (χ0) is 21.9.